The minimum Gasteiger partial charge on any atom is -0.474 e. The molecule has 10 heteroatoms. The van der Waals surface area contributed by atoms with Crippen LogP contribution < -0.4 is 15.0 Å². The molecule has 2 aromatic rings. The van der Waals surface area contributed by atoms with E-state index < -0.39 is 34.7 Å². The van der Waals surface area contributed by atoms with Gasteiger partial charge in [-0.2, -0.15) is 0 Å². The molecule has 2 atom stereocenters. The zero-order valence-corrected chi connectivity index (χ0v) is 16.8. The van der Waals surface area contributed by atoms with E-state index >= 15 is 0 Å². The number of nitrogens with one attached hydrogen (secondary N) is 1. The number of halogens is 1. The van der Waals surface area contributed by atoms with E-state index in [1.165, 1.54) is 19.1 Å². The highest BCUT2D eigenvalue weighted by molar-refractivity contribution is 6.31. The minimum atomic E-state index is -0.993. The molecule has 3 rings (SSSR count). The lowest BCUT2D eigenvalue weighted by molar-refractivity contribution is -0.389. The summed E-state index contributed by atoms with van der Waals surface area (Å²) in [5.41, 5.74) is 1.19. The number of carbonyl (C=O) groups excluding carboxylic acids is 2. The number of carbonyl (C=O) groups is 2. The summed E-state index contributed by atoms with van der Waals surface area (Å²) in [7, 11) is 0. The Bertz CT molecular complexity index is 997. The Hall–Kier alpha value is -3.20. The lowest BCUT2D eigenvalue weighted by atomic mass is 10.1. The molecule has 0 saturated carbocycles. The van der Waals surface area contributed by atoms with Crippen LogP contribution >= 0.6 is 11.6 Å². The van der Waals surface area contributed by atoms with Crippen molar-refractivity contribution < 1.29 is 19.2 Å². The second-order valence-electron chi connectivity index (χ2n) is 6.55. The van der Waals surface area contributed by atoms with Crippen molar-refractivity contribution in [2.24, 2.45) is 0 Å². The number of amides is 2. The van der Waals surface area contributed by atoms with Crippen molar-refractivity contribution >= 4 is 40.7 Å². The predicted octanol–water partition coefficient (Wildman–Crippen LogP) is 3.48. The van der Waals surface area contributed by atoms with E-state index in [9.17, 15) is 19.7 Å². The van der Waals surface area contributed by atoms with E-state index in [0.717, 1.165) is 4.90 Å². The number of fused-ring (bicyclic) bond motifs is 1. The van der Waals surface area contributed by atoms with Crippen molar-refractivity contribution in [2.75, 3.05) is 10.2 Å². The van der Waals surface area contributed by atoms with Crippen molar-refractivity contribution in [3.8, 4) is 5.75 Å². The van der Waals surface area contributed by atoms with E-state index in [2.05, 4.69) is 10.3 Å². The zero-order valence-electron chi connectivity index (χ0n) is 16.0. The number of hydrogen-bond acceptors (Lipinski definition) is 6. The molecule has 1 aromatic heterocycles. The number of anilines is 2. The molecule has 29 heavy (non-hydrogen) atoms. The van der Waals surface area contributed by atoms with Gasteiger partial charge >= 0.3 is 5.82 Å². The quantitative estimate of drug-likeness (QED) is 0.587. The van der Waals surface area contributed by atoms with E-state index in [1.54, 1.807) is 32.0 Å². The maximum Gasteiger partial charge on any atom is 0.366 e. The van der Waals surface area contributed by atoms with Crippen LogP contribution in [-0.4, -0.2) is 33.9 Å². The van der Waals surface area contributed by atoms with Crippen LogP contribution in [0.15, 0.2) is 30.3 Å². The van der Waals surface area contributed by atoms with Crippen LogP contribution in [0.1, 0.15) is 25.8 Å². The molecule has 0 radical (unpaired) electrons. The van der Waals surface area contributed by atoms with Crippen molar-refractivity contribution in [1.29, 1.82) is 0 Å². The summed E-state index contributed by atoms with van der Waals surface area (Å²) in [6.45, 7) is 5.05. The maximum absolute atomic E-state index is 12.9. The van der Waals surface area contributed by atoms with Gasteiger partial charge in [-0.1, -0.05) is 24.6 Å². The molecule has 0 spiro atoms. The number of nitro groups is 1. The van der Waals surface area contributed by atoms with Gasteiger partial charge in [0.15, 0.2) is 11.9 Å². The highest BCUT2D eigenvalue weighted by atomic mass is 35.5. The lowest BCUT2D eigenvalue weighted by Crippen LogP contribution is -2.53. The summed E-state index contributed by atoms with van der Waals surface area (Å²) < 4.78 is 5.62. The van der Waals surface area contributed by atoms with Crippen molar-refractivity contribution in [1.82, 2.24) is 4.98 Å². The van der Waals surface area contributed by atoms with Gasteiger partial charge in [0.2, 0.25) is 5.91 Å². The Balaban J connectivity index is 1.97. The van der Waals surface area contributed by atoms with Gasteiger partial charge in [0.25, 0.3) is 11.7 Å². The molecule has 152 valence electrons. The first-order valence-corrected chi connectivity index (χ1v) is 9.33. The summed E-state index contributed by atoms with van der Waals surface area (Å²) in [5.74, 6) is -1.27. The van der Waals surface area contributed by atoms with Crippen LogP contribution in [0.3, 0.4) is 0 Å². The molecule has 2 heterocycles. The first-order chi connectivity index (χ1) is 13.7. The molecule has 1 N–H and O–H groups in total. The molecule has 1 aromatic carbocycles. The third-order valence-corrected chi connectivity index (χ3v) is 5.09. The van der Waals surface area contributed by atoms with Crippen molar-refractivity contribution in [3.63, 3.8) is 0 Å². The highest BCUT2D eigenvalue weighted by Gasteiger charge is 2.42. The average Bonchev–Trinajstić information content (AvgIpc) is 2.70. The molecular weight excluding hydrogens is 400 g/mol. The summed E-state index contributed by atoms with van der Waals surface area (Å²) in [6.07, 6.45) is -0.443. The van der Waals surface area contributed by atoms with Gasteiger partial charge in [0.05, 0.1) is 0 Å². The number of hydrogen-bond donors (Lipinski definition) is 1. The number of nitrogens with zero attached hydrogens (tertiary/aromatic N) is 3. The maximum atomic E-state index is 12.9. The van der Waals surface area contributed by atoms with Gasteiger partial charge in [-0.15, -0.1) is 0 Å². The number of pyridine rings is 1. The van der Waals surface area contributed by atoms with Gasteiger partial charge in [-0.05, 0) is 53.9 Å². The molecular formula is C19H19ClN4O5. The number of ether oxygens (including phenoxy) is 1. The van der Waals surface area contributed by atoms with Gasteiger partial charge in [0.1, 0.15) is 6.04 Å². The fourth-order valence-corrected chi connectivity index (χ4v) is 3.16. The second-order valence-corrected chi connectivity index (χ2v) is 6.96. The number of rotatable bonds is 5. The van der Waals surface area contributed by atoms with E-state index in [0.29, 0.717) is 22.7 Å². The van der Waals surface area contributed by atoms with Gasteiger partial charge in [-0.25, -0.2) is 0 Å². The van der Waals surface area contributed by atoms with Crippen LogP contribution in [0.4, 0.5) is 17.3 Å². The third kappa shape index (κ3) is 3.86. The Morgan fingerprint density at radius 1 is 1.41 bits per heavy atom. The molecule has 1 aliphatic heterocycles. The SMILES string of the molecule is CCC1Oc2ccc([N+](=O)[O-])nc2N(C(C)C(=O)Nc2cccc(Cl)c2C)C1=O. The monoisotopic (exact) mass is 418 g/mol. The first kappa shape index (κ1) is 20.5. The summed E-state index contributed by atoms with van der Waals surface area (Å²) >= 11 is 6.09. The van der Waals surface area contributed by atoms with Crippen LogP contribution in [0.5, 0.6) is 5.75 Å². The molecule has 0 saturated heterocycles. The molecule has 0 fully saturated rings. The van der Waals surface area contributed by atoms with Crippen molar-refractivity contribution in [3.05, 3.63) is 51.0 Å². The zero-order chi connectivity index (χ0) is 21.3. The first-order valence-electron chi connectivity index (χ1n) is 8.95. The van der Waals surface area contributed by atoms with Gasteiger partial charge < -0.3 is 20.2 Å². The van der Waals surface area contributed by atoms with Crippen LogP contribution in [0.2, 0.25) is 5.02 Å². The van der Waals surface area contributed by atoms with Gasteiger partial charge in [-0.3, -0.25) is 14.5 Å². The minimum absolute atomic E-state index is 0.0561. The fourth-order valence-electron chi connectivity index (χ4n) is 2.98. The molecule has 0 aliphatic carbocycles. The molecule has 1 aliphatic rings. The topological polar surface area (TPSA) is 115 Å². The van der Waals surface area contributed by atoms with Crippen LogP contribution in [0.25, 0.3) is 0 Å². The summed E-state index contributed by atoms with van der Waals surface area (Å²) in [5, 5.41) is 14.4. The Morgan fingerprint density at radius 3 is 2.79 bits per heavy atom. The van der Waals surface area contributed by atoms with Crippen LogP contribution in [-0.2, 0) is 9.59 Å². The summed E-state index contributed by atoms with van der Waals surface area (Å²) in [6, 6.07) is 6.68. The Morgan fingerprint density at radius 2 is 2.14 bits per heavy atom. The fraction of sp³-hybridized carbons (Fsp3) is 0.316. The average molecular weight is 419 g/mol. The number of benzene rings is 1. The molecule has 0 bridgehead atoms. The second kappa shape index (κ2) is 8.04. The standard InChI is InChI=1S/C19H19ClN4O5/c1-4-14-19(26)23(17-15(29-14)8-9-16(22-17)24(27)28)11(3)18(25)21-13-7-5-6-12(20)10(13)2/h5-9,11,14H,4H2,1-3H3,(H,21,25). The predicted molar refractivity (Wildman–Crippen MR) is 107 cm³/mol. The Kier molecular flexibility index (Phi) is 5.69. The van der Waals surface area contributed by atoms with E-state index in [-0.39, 0.29) is 11.6 Å². The Labute approximate surface area is 171 Å². The smallest absolute Gasteiger partial charge is 0.366 e. The van der Waals surface area contributed by atoms with Gasteiger partial charge in [0, 0.05) is 16.8 Å². The molecule has 9 nitrogen and oxygen atoms in total. The normalized spacial score (nSPS) is 16.6. The lowest BCUT2D eigenvalue weighted by Gasteiger charge is -2.33. The van der Waals surface area contributed by atoms with E-state index in [1.807, 2.05) is 0 Å². The third-order valence-electron chi connectivity index (χ3n) is 4.69. The largest absolute Gasteiger partial charge is 0.474 e. The summed E-state index contributed by atoms with van der Waals surface area (Å²) in [4.78, 5) is 41.3. The van der Waals surface area contributed by atoms with E-state index in [4.69, 9.17) is 16.3 Å². The highest BCUT2D eigenvalue weighted by Crippen LogP contribution is 2.36. The number of aromatic nitrogens is 1. The van der Waals surface area contributed by atoms with Crippen LogP contribution in [0, 0.1) is 17.0 Å². The van der Waals surface area contributed by atoms with Crippen molar-refractivity contribution in [2.45, 2.75) is 39.3 Å². The molecule has 2 amide bonds. The molecule has 2 unspecified atom stereocenters.